The minimum Gasteiger partial charge on any atom is -0.364 e. The van der Waals surface area contributed by atoms with Gasteiger partial charge in [0.25, 0.3) is 0 Å². The molecule has 0 saturated heterocycles. The fourth-order valence-corrected chi connectivity index (χ4v) is 2.12. The van der Waals surface area contributed by atoms with Crippen LogP contribution in [0, 0.1) is 0 Å². The Balaban J connectivity index is 2.49. The molecule has 4 nitrogen and oxygen atoms in total. The van der Waals surface area contributed by atoms with E-state index in [0.717, 1.165) is 36.1 Å². The lowest BCUT2D eigenvalue weighted by molar-refractivity contribution is 0.477. The summed E-state index contributed by atoms with van der Waals surface area (Å²) in [5, 5.41) is 7.88. The van der Waals surface area contributed by atoms with Crippen LogP contribution in [0.1, 0.15) is 40.5 Å². The van der Waals surface area contributed by atoms with Crippen molar-refractivity contribution in [3.8, 4) is 0 Å². The van der Waals surface area contributed by atoms with Gasteiger partial charge >= 0.3 is 0 Å². The molecule has 4 heteroatoms. The van der Waals surface area contributed by atoms with Crippen molar-refractivity contribution in [2.45, 2.75) is 46.1 Å². The topological polar surface area (TPSA) is 49.8 Å². The summed E-state index contributed by atoms with van der Waals surface area (Å²) in [4.78, 5) is 9.18. The van der Waals surface area contributed by atoms with Gasteiger partial charge < -0.3 is 10.6 Å². The van der Waals surface area contributed by atoms with E-state index in [4.69, 9.17) is 0 Å². The predicted molar refractivity (Wildman–Crippen MR) is 86.3 cm³/mol. The first-order chi connectivity index (χ1) is 9.61. The monoisotopic (exact) mass is 272 g/mol. The summed E-state index contributed by atoms with van der Waals surface area (Å²) in [5.41, 5.74) is 1.02. The minimum atomic E-state index is 0.0562. The van der Waals surface area contributed by atoms with Gasteiger partial charge in [0.15, 0.2) is 0 Å². The Morgan fingerprint density at radius 3 is 2.40 bits per heavy atom. The highest BCUT2D eigenvalue weighted by Gasteiger charge is 2.21. The second-order valence-electron chi connectivity index (χ2n) is 5.34. The molecule has 108 valence electrons. The molecule has 0 atom stereocenters. The number of benzene rings is 1. The minimum absolute atomic E-state index is 0.0562. The first kappa shape index (κ1) is 14.6. The van der Waals surface area contributed by atoms with E-state index < -0.39 is 0 Å². The highest BCUT2D eigenvalue weighted by Crippen LogP contribution is 2.27. The first-order valence-corrected chi connectivity index (χ1v) is 7.40. The summed E-state index contributed by atoms with van der Waals surface area (Å²) in [6.07, 6.45) is 2.11. The number of anilines is 2. The van der Waals surface area contributed by atoms with E-state index in [-0.39, 0.29) is 5.54 Å². The van der Waals surface area contributed by atoms with Gasteiger partial charge in [0, 0.05) is 17.5 Å². The van der Waals surface area contributed by atoms with Crippen molar-refractivity contribution in [1.29, 1.82) is 0 Å². The molecule has 1 aromatic heterocycles. The number of fused-ring (bicyclic) bond motifs is 1. The van der Waals surface area contributed by atoms with Gasteiger partial charge in [0.1, 0.15) is 5.82 Å². The largest absolute Gasteiger partial charge is 0.364 e. The smallest absolute Gasteiger partial charge is 0.225 e. The van der Waals surface area contributed by atoms with E-state index in [0.29, 0.717) is 5.95 Å². The van der Waals surface area contributed by atoms with Crippen molar-refractivity contribution >= 4 is 22.7 Å². The molecule has 0 fully saturated rings. The van der Waals surface area contributed by atoms with Gasteiger partial charge in [-0.2, -0.15) is 4.98 Å². The Morgan fingerprint density at radius 2 is 1.75 bits per heavy atom. The summed E-state index contributed by atoms with van der Waals surface area (Å²) < 4.78 is 0. The molecule has 2 aromatic rings. The molecule has 0 aliphatic heterocycles. The molecule has 0 amide bonds. The molecular formula is C16H24N4. The zero-order valence-corrected chi connectivity index (χ0v) is 12.8. The fourth-order valence-electron chi connectivity index (χ4n) is 2.12. The molecule has 1 aromatic carbocycles. The number of nitrogens with one attached hydrogen (secondary N) is 2. The summed E-state index contributed by atoms with van der Waals surface area (Å²) >= 11 is 0. The van der Waals surface area contributed by atoms with E-state index in [9.17, 15) is 0 Å². The zero-order chi connectivity index (χ0) is 14.6. The molecule has 0 saturated carbocycles. The summed E-state index contributed by atoms with van der Waals surface area (Å²) in [6, 6.07) is 8.13. The van der Waals surface area contributed by atoms with Crippen molar-refractivity contribution in [3.63, 3.8) is 0 Å². The third-order valence-electron chi connectivity index (χ3n) is 3.92. The van der Waals surface area contributed by atoms with Crippen molar-refractivity contribution in [1.82, 2.24) is 9.97 Å². The third kappa shape index (κ3) is 3.00. The van der Waals surface area contributed by atoms with Gasteiger partial charge in [-0.05, 0) is 38.8 Å². The SMILES string of the molecule is CCNc1nc(NC(C)(CC)CC)c2ccccc2n1. The Hall–Kier alpha value is -1.84. The number of para-hydroxylation sites is 1. The number of aromatic nitrogens is 2. The van der Waals surface area contributed by atoms with Crippen LogP contribution in [-0.4, -0.2) is 22.1 Å². The molecule has 2 rings (SSSR count). The van der Waals surface area contributed by atoms with Gasteiger partial charge in [-0.1, -0.05) is 26.0 Å². The number of hydrogen-bond acceptors (Lipinski definition) is 4. The molecule has 1 heterocycles. The second-order valence-corrected chi connectivity index (χ2v) is 5.34. The van der Waals surface area contributed by atoms with Crippen LogP contribution in [0.3, 0.4) is 0 Å². The number of hydrogen-bond donors (Lipinski definition) is 2. The number of nitrogens with zero attached hydrogens (tertiary/aromatic N) is 2. The summed E-state index contributed by atoms with van der Waals surface area (Å²) in [6.45, 7) is 9.50. The van der Waals surface area contributed by atoms with Crippen molar-refractivity contribution in [2.24, 2.45) is 0 Å². The van der Waals surface area contributed by atoms with Crippen molar-refractivity contribution in [2.75, 3.05) is 17.2 Å². The third-order valence-corrected chi connectivity index (χ3v) is 3.92. The Kier molecular flexibility index (Phi) is 4.42. The lowest BCUT2D eigenvalue weighted by Crippen LogP contribution is -2.33. The van der Waals surface area contributed by atoms with Crippen LogP contribution in [-0.2, 0) is 0 Å². The van der Waals surface area contributed by atoms with Gasteiger partial charge in [-0.3, -0.25) is 0 Å². The molecule has 0 aliphatic rings. The van der Waals surface area contributed by atoms with Gasteiger partial charge in [0.2, 0.25) is 5.95 Å². The van der Waals surface area contributed by atoms with E-state index >= 15 is 0 Å². The molecule has 2 N–H and O–H groups in total. The second kappa shape index (κ2) is 6.07. The highest BCUT2D eigenvalue weighted by molar-refractivity contribution is 5.90. The lowest BCUT2D eigenvalue weighted by atomic mass is 9.95. The molecule has 0 unspecified atom stereocenters. The van der Waals surface area contributed by atoms with Crippen LogP contribution in [0.2, 0.25) is 0 Å². The average Bonchev–Trinajstić information content (AvgIpc) is 2.47. The molecule has 0 bridgehead atoms. The maximum Gasteiger partial charge on any atom is 0.225 e. The fraction of sp³-hybridized carbons (Fsp3) is 0.500. The Labute approximate surface area is 121 Å². The normalized spacial score (nSPS) is 11.6. The summed E-state index contributed by atoms with van der Waals surface area (Å²) in [5.74, 6) is 1.60. The first-order valence-electron chi connectivity index (χ1n) is 7.40. The van der Waals surface area contributed by atoms with Gasteiger partial charge in [-0.25, -0.2) is 4.98 Å². The van der Waals surface area contributed by atoms with Gasteiger partial charge in [0.05, 0.1) is 5.52 Å². The lowest BCUT2D eigenvalue weighted by Gasteiger charge is -2.29. The van der Waals surface area contributed by atoms with Gasteiger partial charge in [-0.15, -0.1) is 0 Å². The average molecular weight is 272 g/mol. The number of rotatable bonds is 6. The van der Waals surface area contributed by atoms with Crippen molar-refractivity contribution in [3.05, 3.63) is 24.3 Å². The molecule has 0 aliphatic carbocycles. The van der Waals surface area contributed by atoms with E-state index in [1.165, 1.54) is 0 Å². The predicted octanol–water partition coefficient (Wildman–Crippen LogP) is 4.05. The van der Waals surface area contributed by atoms with E-state index in [1.54, 1.807) is 0 Å². The van der Waals surface area contributed by atoms with E-state index in [1.807, 2.05) is 25.1 Å². The van der Waals surface area contributed by atoms with Crippen LogP contribution >= 0.6 is 0 Å². The van der Waals surface area contributed by atoms with E-state index in [2.05, 4.69) is 47.4 Å². The quantitative estimate of drug-likeness (QED) is 0.833. The van der Waals surface area contributed by atoms with Crippen molar-refractivity contribution < 1.29 is 0 Å². The Bertz CT molecular complexity index is 576. The van der Waals surface area contributed by atoms with Crippen LogP contribution in [0.5, 0.6) is 0 Å². The molecule has 0 radical (unpaired) electrons. The Morgan fingerprint density at radius 1 is 1.05 bits per heavy atom. The maximum atomic E-state index is 4.64. The maximum absolute atomic E-state index is 4.64. The molecule has 20 heavy (non-hydrogen) atoms. The summed E-state index contributed by atoms with van der Waals surface area (Å²) in [7, 11) is 0. The van der Waals surface area contributed by atoms with Crippen LogP contribution in [0.4, 0.5) is 11.8 Å². The standard InChI is InChI=1S/C16H24N4/c1-5-16(4,6-2)20-14-12-10-8-9-11-13(12)18-15(19-14)17-7-3/h8-11H,5-7H2,1-4H3,(H2,17,18,19,20). The molecule has 0 spiro atoms. The van der Waals surface area contributed by atoms with Crippen LogP contribution in [0.15, 0.2) is 24.3 Å². The van der Waals surface area contributed by atoms with Crippen LogP contribution in [0.25, 0.3) is 10.9 Å². The van der Waals surface area contributed by atoms with Crippen LogP contribution < -0.4 is 10.6 Å². The zero-order valence-electron chi connectivity index (χ0n) is 12.8. The highest BCUT2D eigenvalue weighted by atomic mass is 15.2. The molecular weight excluding hydrogens is 248 g/mol.